The fourth-order valence-electron chi connectivity index (χ4n) is 1.35. The fraction of sp³-hybridized carbons (Fsp3) is 0.273. The van der Waals surface area contributed by atoms with Crippen molar-refractivity contribution in [3.8, 4) is 17.4 Å². The average molecular weight is 217 g/mol. The zero-order valence-electron chi connectivity index (χ0n) is 8.59. The van der Waals surface area contributed by atoms with Crippen LogP contribution in [0.3, 0.4) is 0 Å². The molecule has 1 heterocycles. The van der Waals surface area contributed by atoms with Gasteiger partial charge in [-0.25, -0.2) is 0 Å². The summed E-state index contributed by atoms with van der Waals surface area (Å²) in [5.74, 6) is 1.99. The average Bonchev–Trinajstić information content (AvgIpc) is 2.94. The Morgan fingerprint density at radius 1 is 1.25 bits per heavy atom. The summed E-state index contributed by atoms with van der Waals surface area (Å²) in [7, 11) is 0. The normalized spacial score (nSPS) is 14.8. The van der Waals surface area contributed by atoms with Crippen molar-refractivity contribution in [3.05, 3.63) is 30.5 Å². The van der Waals surface area contributed by atoms with E-state index in [1.807, 2.05) is 24.3 Å². The van der Waals surface area contributed by atoms with E-state index in [4.69, 9.17) is 9.47 Å². The molecule has 5 heteroatoms. The second-order valence-electron chi connectivity index (χ2n) is 3.70. The molecule has 1 N–H and O–H groups in total. The van der Waals surface area contributed by atoms with Gasteiger partial charge in [0.1, 0.15) is 17.7 Å². The second-order valence-corrected chi connectivity index (χ2v) is 3.70. The first kappa shape index (κ1) is 9.21. The molecule has 0 unspecified atom stereocenters. The van der Waals surface area contributed by atoms with E-state index >= 15 is 0 Å². The Kier molecular flexibility index (Phi) is 2.21. The highest BCUT2D eigenvalue weighted by Crippen LogP contribution is 2.29. The van der Waals surface area contributed by atoms with Crippen molar-refractivity contribution in [1.82, 2.24) is 15.4 Å². The molecule has 82 valence electrons. The molecule has 5 nitrogen and oxygen atoms in total. The molecule has 0 amide bonds. The first-order valence-corrected chi connectivity index (χ1v) is 5.20. The van der Waals surface area contributed by atoms with Gasteiger partial charge >= 0.3 is 0 Å². The van der Waals surface area contributed by atoms with Crippen LogP contribution in [0.2, 0.25) is 0 Å². The minimum absolute atomic E-state index is 0.391. The molecule has 0 spiro atoms. The molecule has 1 aromatic carbocycles. The van der Waals surface area contributed by atoms with Crippen LogP contribution in [0.1, 0.15) is 12.8 Å². The van der Waals surface area contributed by atoms with Crippen LogP contribution in [-0.2, 0) is 0 Å². The number of benzene rings is 1. The molecule has 1 saturated carbocycles. The first-order valence-electron chi connectivity index (χ1n) is 5.20. The van der Waals surface area contributed by atoms with Gasteiger partial charge in [0.25, 0.3) is 5.88 Å². The highest BCUT2D eigenvalue weighted by molar-refractivity contribution is 5.35. The Labute approximate surface area is 92.4 Å². The molecular formula is C11H11N3O2. The summed E-state index contributed by atoms with van der Waals surface area (Å²) in [6, 6.07) is 7.53. The van der Waals surface area contributed by atoms with Crippen LogP contribution >= 0.6 is 0 Å². The predicted octanol–water partition coefficient (Wildman–Crippen LogP) is 2.14. The first-order chi connectivity index (χ1) is 7.90. The Bertz CT molecular complexity index is 466. The standard InChI is InChI=1S/C11H11N3O2/c1-2-9(15-8-4-5-8)6-10(3-1)16-11-7-12-14-13-11/h1-3,6-8H,4-5H2,(H,12,13,14). The van der Waals surface area contributed by atoms with E-state index < -0.39 is 0 Å². The number of hydrogen-bond donors (Lipinski definition) is 1. The van der Waals surface area contributed by atoms with Gasteiger partial charge < -0.3 is 9.47 Å². The topological polar surface area (TPSA) is 60.0 Å². The zero-order chi connectivity index (χ0) is 10.8. The van der Waals surface area contributed by atoms with Gasteiger partial charge in [0.15, 0.2) is 0 Å². The van der Waals surface area contributed by atoms with E-state index in [0.717, 1.165) is 18.6 Å². The van der Waals surface area contributed by atoms with Gasteiger partial charge in [-0.05, 0) is 25.0 Å². The van der Waals surface area contributed by atoms with Crippen LogP contribution in [0, 0.1) is 0 Å². The minimum Gasteiger partial charge on any atom is -0.490 e. The van der Waals surface area contributed by atoms with E-state index in [-0.39, 0.29) is 0 Å². The van der Waals surface area contributed by atoms with E-state index in [2.05, 4.69) is 15.4 Å². The fourth-order valence-corrected chi connectivity index (χ4v) is 1.35. The molecule has 0 bridgehead atoms. The van der Waals surface area contributed by atoms with Crippen LogP contribution in [-0.4, -0.2) is 21.5 Å². The van der Waals surface area contributed by atoms with Crippen molar-refractivity contribution in [2.75, 3.05) is 0 Å². The highest BCUT2D eigenvalue weighted by Gasteiger charge is 2.23. The summed E-state index contributed by atoms with van der Waals surface area (Å²) in [5, 5.41) is 9.97. The van der Waals surface area contributed by atoms with Crippen molar-refractivity contribution >= 4 is 0 Å². The molecule has 1 aliphatic carbocycles. The van der Waals surface area contributed by atoms with Crippen molar-refractivity contribution in [2.45, 2.75) is 18.9 Å². The number of ether oxygens (including phenoxy) is 2. The van der Waals surface area contributed by atoms with Gasteiger partial charge in [-0.3, -0.25) is 0 Å². The Morgan fingerprint density at radius 2 is 2.12 bits per heavy atom. The Morgan fingerprint density at radius 3 is 2.88 bits per heavy atom. The maximum atomic E-state index is 5.66. The van der Waals surface area contributed by atoms with Crippen molar-refractivity contribution in [1.29, 1.82) is 0 Å². The smallest absolute Gasteiger partial charge is 0.258 e. The van der Waals surface area contributed by atoms with E-state index in [0.29, 0.717) is 17.7 Å². The molecule has 0 saturated heterocycles. The summed E-state index contributed by atoms with van der Waals surface area (Å²) < 4.78 is 11.1. The molecule has 0 atom stereocenters. The van der Waals surface area contributed by atoms with Crippen LogP contribution in [0.4, 0.5) is 0 Å². The van der Waals surface area contributed by atoms with Gasteiger partial charge in [-0.2, -0.15) is 10.3 Å². The number of nitrogens with zero attached hydrogens (tertiary/aromatic N) is 2. The van der Waals surface area contributed by atoms with E-state index in [1.54, 1.807) is 0 Å². The summed E-state index contributed by atoms with van der Waals surface area (Å²) in [5.41, 5.74) is 0. The lowest BCUT2D eigenvalue weighted by atomic mass is 10.3. The molecule has 16 heavy (non-hydrogen) atoms. The predicted molar refractivity (Wildman–Crippen MR) is 56.5 cm³/mol. The number of aromatic nitrogens is 3. The number of hydrogen-bond acceptors (Lipinski definition) is 4. The maximum absolute atomic E-state index is 5.66. The van der Waals surface area contributed by atoms with Gasteiger partial charge in [0.05, 0.1) is 6.10 Å². The molecule has 3 rings (SSSR count). The summed E-state index contributed by atoms with van der Waals surface area (Å²) in [4.78, 5) is 0. The minimum atomic E-state index is 0.391. The van der Waals surface area contributed by atoms with Crippen LogP contribution < -0.4 is 9.47 Å². The van der Waals surface area contributed by atoms with Crippen molar-refractivity contribution in [3.63, 3.8) is 0 Å². The van der Waals surface area contributed by atoms with Gasteiger partial charge in [0, 0.05) is 6.07 Å². The van der Waals surface area contributed by atoms with Gasteiger partial charge in [-0.15, -0.1) is 5.10 Å². The molecule has 2 aromatic rings. The van der Waals surface area contributed by atoms with Gasteiger partial charge in [-0.1, -0.05) is 6.07 Å². The number of rotatable bonds is 4. The quantitative estimate of drug-likeness (QED) is 0.852. The van der Waals surface area contributed by atoms with Crippen LogP contribution in [0.25, 0.3) is 0 Å². The molecule has 0 aliphatic heterocycles. The lowest BCUT2D eigenvalue weighted by Crippen LogP contribution is -1.95. The third-order valence-corrected chi connectivity index (χ3v) is 2.25. The molecule has 1 fully saturated rings. The van der Waals surface area contributed by atoms with Gasteiger partial charge in [0.2, 0.25) is 0 Å². The second kappa shape index (κ2) is 3.84. The van der Waals surface area contributed by atoms with Crippen molar-refractivity contribution in [2.24, 2.45) is 0 Å². The summed E-state index contributed by atoms with van der Waals surface area (Å²) in [6.07, 6.45) is 4.21. The third kappa shape index (κ3) is 2.13. The third-order valence-electron chi connectivity index (χ3n) is 2.25. The van der Waals surface area contributed by atoms with Crippen LogP contribution in [0.5, 0.6) is 17.4 Å². The lowest BCUT2D eigenvalue weighted by molar-refractivity contribution is 0.301. The number of H-pyrrole nitrogens is 1. The Hall–Kier alpha value is -2.04. The molecule has 1 aromatic heterocycles. The molecular weight excluding hydrogens is 206 g/mol. The molecule has 0 radical (unpaired) electrons. The Balaban J connectivity index is 1.73. The number of nitrogens with one attached hydrogen (secondary N) is 1. The summed E-state index contributed by atoms with van der Waals surface area (Å²) in [6.45, 7) is 0. The monoisotopic (exact) mass is 217 g/mol. The largest absolute Gasteiger partial charge is 0.490 e. The van der Waals surface area contributed by atoms with Crippen molar-refractivity contribution < 1.29 is 9.47 Å². The number of aromatic amines is 1. The highest BCUT2D eigenvalue weighted by atomic mass is 16.5. The zero-order valence-corrected chi connectivity index (χ0v) is 8.59. The van der Waals surface area contributed by atoms with E-state index in [1.165, 1.54) is 6.20 Å². The van der Waals surface area contributed by atoms with E-state index in [9.17, 15) is 0 Å². The maximum Gasteiger partial charge on any atom is 0.258 e. The lowest BCUT2D eigenvalue weighted by Gasteiger charge is -2.06. The van der Waals surface area contributed by atoms with Crippen LogP contribution in [0.15, 0.2) is 30.5 Å². The summed E-state index contributed by atoms with van der Waals surface area (Å²) >= 11 is 0. The molecule has 1 aliphatic rings. The SMILES string of the molecule is c1cc(Oc2cn[nH]n2)cc(OC2CC2)c1.